The molecule has 2 aliphatic carbocycles. The minimum absolute atomic E-state index is 0.756. The molecule has 3 rings (SSSR count). The average molecular weight is 271 g/mol. The van der Waals surface area contributed by atoms with Crippen LogP contribution in [-0.4, -0.2) is 6.04 Å². The van der Waals surface area contributed by atoms with Crippen LogP contribution in [0.3, 0.4) is 0 Å². The number of benzene rings is 1. The zero-order valence-corrected chi connectivity index (χ0v) is 12.9. The Labute approximate surface area is 124 Å². The van der Waals surface area contributed by atoms with Gasteiger partial charge in [-0.1, -0.05) is 44.0 Å². The Balaban J connectivity index is 1.41. The summed E-state index contributed by atoms with van der Waals surface area (Å²) >= 11 is 0. The summed E-state index contributed by atoms with van der Waals surface area (Å²) in [6, 6.07) is 10.1. The monoisotopic (exact) mass is 271 g/mol. The number of rotatable bonds is 6. The standard InChI is InChI=1S/C19H29N/c1-2-3-15-6-12-19(13-7-15)20-14-16-4-8-17(9-5-16)18-10-11-18/h4-5,8-9,15,18-20H,2-3,6-7,10-14H2,1H3. The van der Waals surface area contributed by atoms with Crippen LogP contribution < -0.4 is 5.32 Å². The van der Waals surface area contributed by atoms with Crippen molar-refractivity contribution in [2.45, 2.75) is 76.8 Å². The highest BCUT2D eigenvalue weighted by molar-refractivity contribution is 5.28. The fraction of sp³-hybridized carbons (Fsp3) is 0.684. The van der Waals surface area contributed by atoms with E-state index in [4.69, 9.17) is 0 Å². The number of nitrogens with one attached hydrogen (secondary N) is 1. The Bertz CT molecular complexity index is 396. The lowest BCUT2D eigenvalue weighted by Gasteiger charge is -2.29. The van der Waals surface area contributed by atoms with Crippen molar-refractivity contribution in [2.75, 3.05) is 0 Å². The first kappa shape index (κ1) is 14.1. The molecule has 0 bridgehead atoms. The highest BCUT2D eigenvalue weighted by Gasteiger charge is 2.23. The zero-order valence-electron chi connectivity index (χ0n) is 12.9. The molecule has 1 N–H and O–H groups in total. The van der Waals surface area contributed by atoms with Crippen LogP contribution in [0.2, 0.25) is 0 Å². The van der Waals surface area contributed by atoms with Gasteiger partial charge < -0.3 is 5.32 Å². The molecule has 0 amide bonds. The van der Waals surface area contributed by atoms with E-state index in [9.17, 15) is 0 Å². The molecule has 0 radical (unpaired) electrons. The van der Waals surface area contributed by atoms with Gasteiger partial charge in [0.25, 0.3) is 0 Å². The predicted octanol–water partition coefficient (Wildman–Crippen LogP) is 5.01. The van der Waals surface area contributed by atoms with E-state index in [2.05, 4.69) is 36.5 Å². The summed E-state index contributed by atoms with van der Waals surface area (Å²) in [6.45, 7) is 3.36. The van der Waals surface area contributed by atoms with Crippen LogP contribution in [0.1, 0.15) is 75.3 Å². The predicted molar refractivity (Wildman–Crippen MR) is 85.9 cm³/mol. The smallest absolute Gasteiger partial charge is 0.0208 e. The Morgan fingerprint density at radius 1 is 0.950 bits per heavy atom. The van der Waals surface area contributed by atoms with Crippen molar-refractivity contribution in [1.29, 1.82) is 0 Å². The second-order valence-electron chi connectivity index (χ2n) is 6.90. The molecular formula is C19H29N. The molecule has 0 saturated heterocycles. The molecule has 1 heteroatoms. The van der Waals surface area contributed by atoms with E-state index in [1.165, 1.54) is 56.9 Å². The van der Waals surface area contributed by atoms with Gasteiger partial charge in [-0.3, -0.25) is 0 Å². The molecule has 0 aliphatic heterocycles. The van der Waals surface area contributed by atoms with Crippen molar-refractivity contribution < 1.29 is 0 Å². The van der Waals surface area contributed by atoms with Crippen LogP contribution in [-0.2, 0) is 6.54 Å². The van der Waals surface area contributed by atoms with Gasteiger partial charge in [0.05, 0.1) is 0 Å². The lowest BCUT2D eigenvalue weighted by Crippen LogP contribution is -2.32. The van der Waals surface area contributed by atoms with E-state index < -0.39 is 0 Å². The van der Waals surface area contributed by atoms with E-state index >= 15 is 0 Å². The quantitative estimate of drug-likeness (QED) is 0.766. The first-order chi connectivity index (χ1) is 9.85. The lowest BCUT2D eigenvalue weighted by molar-refractivity contribution is 0.277. The molecule has 1 aromatic carbocycles. The normalized spacial score (nSPS) is 26.6. The Morgan fingerprint density at radius 2 is 1.65 bits per heavy atom. The molecule has 2 fully saturated rings. The number of hydrogen-bond donors (Lipinski definition) is 1. The van der Waals surface area contributed by atoms with Crippen molar-refractivity contribution in [3.8, 4) is 0 Å². The third-order valence-electron chi connectivity index (χ3n) is 5.17. The summed E-state index contributed by atoms with van der Waals surface area (Å²) in [4.78, 5) is 0. The highest BCUT2D eigenvalue weighted by atomic mass is 14.9. The summed E-state index contributed by atoms with van der Waals surface area (Å²) in [5.41, 5.74) is 3.00. The van der Waals surface area contributed by atoms with Crippen molar-refractivity contribution in [3.05, 3.63) is 35.4 Å². The van der Waals surface area contributed by atoms with Gasteiger partial charge in [-0.2, -0.15) is 0 Å². The minimum atomic E-state index is 0.756. The van der Waals surface area contributed by atoms with Crippen molar-refractivity contribution in [1.82, 2.24) is 5.32 Å². The largest absolute Gasteiger partial charge is 0.310 e. The zero-order chi connectivity index (χ0) is 13.8. The first-order valence-corrected chi connectivity index (χ1v) is 8.67. The highest BCUT2D eigenvalue weighted by Crippen LogP contribution is 2.39. The second-order valence-corrected chi connectivity index (χ2v) is 6.90. The van der Waals surface area contributed by atoms with Gasteiger partial charge in [0.1, 0.15) is 0 Å². The molecule has 110 valence electrons. The van der Waals surface area contributed by atoms with E-state index in [0.717, 1.165) is 24.4 Å². The van der Waals surface area contributed by atoms with Crippen molar-refractivity contribution in [3.63, 3.8) is 0 Å². The molecule has 1 aromatic rings. The first-order valence-electron chi connectivity index (χ1n) is 8.67. The van der Waals surface area contributed by atoms with Gasteiger partial charge in [0.2, 0.25) is 0 Å². The molecular weight excluding hydrogens is 242 g/mol. The maximum atomic E-state index is 3.76. The van der Waals surface area contributed by atoms with Crippen molar-refractivity contribution in [2.24, 2.45) is 5.92 Å². The fourth-order valence-corrected chi connectivity index (χ4v) is 3.65. The Kier molecular flexibility index (Phi) is 4.77. The van der Waals surface area contributed by atoms with Gasteiger partial charge in [0.15, 0.2) is 0 Å². The van der Waals surface area contributed by atoms with Gasteiger partial charge in [-0.25, -0.2) is 0 Å². The Hall–Kier alpha value is -0.820. The summed E-state index contributed by atoms with van der Waals surface area (Å²) in [5.74, 6) is 1.89. The minimum Gasteiger partial charge on any atom is -0.310 e. The SMILES string of the molecule is CCCC1CCC(NCc2ccc(C3CC3)cc2)CC1. The molecule has 20 heavy (non-hydrogen) atoms. The maximum Gasteiger partial charge on any atom is 0.0208 e. The van der Waals surface area contributed by atoms with Crippen LogP contribution >= 0.6 is 0 Å². The second kappa shape index (κ2) is 6.76. The van der Waals surface area contributed by atoms with E-state index in [0.29, 0.717) is 0 Å². The molecule has 2 saturated carbocycles. The van der Waals surface area contributed by atoms with Gasteiger partial charge >= 0.3 is 0 Å². The third kappa shape index (κ3) is 3.85. The van der Waals surface area contributed by atoms with Crippen LogP contribution in [0, 0.1) is 5.92 Å². The van der Waals surface area contributed by atoms with E-state index in [-0.39, 0.29) is 0 Å². The fourth-order valence-electron chi connectivity index (χ4n) is 3.65. The lowest BCUT2D eigenvalue weighted by atomic mass is 9.83. The van der Waals surface area contributed by atoms with E-state index in [1.807, 2.05) is 0 Å². The summed E-state index contributed by atoms with van der Waals surface area (Å²) in [7, 11) is 0. The molecule has 0 spiro atoms. The molecule has 2 aliphatic rings. The number of hydrogen-bond acceptors (Lipinski definition) is 1. The molecule has 0 aromatic heterocycles. The van der Waals surface area contributed by atoms with Gasteiger partial charge in [-0.15, -0.1) is 0 Å². The summed E-state index contributed by atoms with van der Waals surface area (Å²) in [6.07, 6.45) is 11.2. The van der Waals surface area contributed by atoms with Crippen LogP contribution in [0.25, 0.3) is 0 Å². The molecule has 0 atom stereocenters. The van der Waals surface area contributed by atoms with Gasteiger partial charge in [0, 0.05) is 12.6 Å². The van der Waals surface area contributed by atoms with Gasteiger partial charge in [-0.05, 0) is 61.5 Å². The van der Waals surface area contributed by atoms with Crippen LogP contribution in [0.4, 0.5) is 0 Å². The topological polar surface area (TPSA) is 12.0 Å². The third-order valence-corrected chi connectivity index (χ3v) is 5.17. The summed E-state index contributed by atoms with van der Waals surface area (Å²) < 4.78 is 0. The molecule has 1 nitrogen and oxygen atoms in total. The van der Waals surface area contributed by atoms with Crippen LogP contribution in [0.5, 0.6) is 0 Å². The van der Waals surface area contributed by atoms with Crippen molar-refractivity contribution >= 4 is 0 Å². The Morgan fingerprint density at radius 3 is 2.25 bits per heavy atom. The van der Waals surface area contributed by atoms with Crippen LogP contribution in [0.15, 0.2) is 24.3 Å². The van der Waals surface area contributed by atoms with E-state index in [1.54, 1.807) is 5.56 Å². The molecule has 0 unspecified atom stereocenters. The maximum absolute atomic E-state index is 3.76. The summed E-state index contributed by atoms with van der Waals surface area (Å²) in [5, 5.41) is 3.76. The molecule has 0 heterocycles. The average Bonchev–Trinajstić information content (AvgIpc) is 3.32.